The number of nitrogens with zero attached hydrogens (tertiary/aromatic N) is 2. The first-order valence-corrected chi connectivity index (χ1v) is 15.9. The highest BCUT2D eigenvalue weighted by Crippen LogP contribution is 2.32. The van der Waals surface area contributed by atoms with Crippen LogP contribution >= 0.6 is 46.1 Å². The Balaban J connectivity index is 1.41. The Morgan fingerprint density at radius 2 is 1.76 bits per heavy atom. The number of benzene rings is 2. The quantitative estimate of drug-likeness (QED) is 0.288. The number of carbonyl (C=O) groups excluding carboxylic acids is 1. The molecule has 3 aromatic rings. The number of rotatable bonds is 9. The monoisotopic (exact) mass is 613 g/mol. The maximum Gasteiger partial charge on any atom is 0.255 e. The Bertz CT molecular complexity index is 1400. The van der Waals surface area contributed by atoms with Gasteiger partial charge in [-0.05, 0) is 55.3 Å². The number of nitrogens with one attached hydrogen (secondary N) is 1. The number of halogens is 3. The zero-order valence-electron chi connectivity index (χ0n) is 21.2. The highest BCUT2D eigenvalue weighted by molar-refractivity contribution is 7.89. The molecule has 1 aromatic heterocycles. The van der Waals surface area contributed by atoms with Crippen molar-refractivity contribution in [3.05, 3.63) is 74.0 Å². The average molecular weight is 615 g/mol. The maximum atomic E-state index is 13.3. The molecule has 2 heterocycles. The van der Waals surface area contributed by atoms with E-state index in [0.29, 0.717) is 37.6 Å². The molecule has 1 amide bonds. The Morgan fingerprint density at radius 1 is 1.03 bits per heavy atom. The van der Waals surface area contributed by atoms with Crippen LogP contribution in [0.25, 0.3) is 10.4 Å². The molecule has 204 valence electrons. The van der Waals surface area contributed by atoms with E-state index >= 15 is 0 Å². The standard InChI is InChI=1S/C27H30Cl3N3O3S2/c1-3-5-18(2)31-38(35,36)26-15-22(23(29)16-24(26)30)27(34)33-12-10-32(11-13-33)17-21-8-9-25(37-21)19-6-4-7-20(28)14-19/h4,6-9,14-16,18,31H,3,5,10-13,17H2,1-2H3. The van der Waals surface area contributed by atoms with Crippen LogP contribution < -0.4 is 4.72 Å². The van der Waals surface area contributed by atoms with Crippen LogP contribution in [0.1, 0.15) is 41.9 Å². The lowest BCUT2D eigenvalue weighted by Gasteiger charge is -2.34. The van der Waals surface area contributed by atoms with Crippen molar-refractivity contribution >= 4 is 62.1 Å². The van der Waals surface area contributed by atoms with Gasteiger partial charge in [0.05, 0.1) is 15.6 Å². The van der Waals surface area contributed by atoms with Gasteiger partial charge >= 0.3 is 0 Å². The second-order valence-electron chi connectivity index (χ2n) is 9.42. The normalized spacial score (nSPS) is 15.6. The van der Waals surface area contributed by atoms with E-state index in [-0.39, 0.29) is 32.5 Å². The Labute approximate surface area is 243 Å². The minimum atomic E-state index is -3.91. The van der Waals surface area contributed by atoms with Crippen LogP contribution in [-0.4, -0.2) is 56.3 Å². The largest absolute Gasteiger partial charge is 0.336 e. The first-order valence-electron chi connectivity index (χ1n) is 12.4. The molecule has 11 heteroatoms. The minimum absolute atomic E-state index is 0.0133. The third kappa shape index (κ3) is 7.10. The summed E-state index contributed by atoms with van der Waals surface area (Å²) in [6, 6.07) is 14.4. The van der Waals surface area contributed by atoms with Crippen LogP contribution in [0.5, 0.6) is 0 Å². The molecule has 0 bridgehead atoms. The van der Waals surface area contributed by atoms with E-state index in [1.807, 2.05) is 31.2 Å². The summed E-state index contributed by atoms with van der Waals surface area (Å²) < 4.78 is 28.5. The van der Waals surface area contributed by atoms with Gasteiger partial charge in [-0.1, -0.05) is 60.3 Å². The molecule has 6 nitrogen and oxygen atoms in total. The molecule has 4 rings (SSSR count). The van der Waals surface area contributed by atoms with Crippen LogP contribution in [0.3, 0.4) is 0 Å². The summed E-state index contributed by atoms with van der Waals surface area (Å²) in [5.74, 6) is -0.302. The van der Waals surface area contributed by atoms with Crippen molar-refractivity contribution in [2.24, 2.45) is 0 Å². The van der Waals surface area contributed by atoms with Crippen molar-refractivity contribution in [3.63, 3.8) is 0 Å². The fourth-order valence-corrected chi connectivity index (χ4v) is 7.85. The molecule has 0 radical (unpaired) electrons. The molecule has 1 N–H and O–H groups in total. The molecule has 1 atom stereocenters. The van der Waals surface area contributed by atoms with Gasteiger partial charge in [-0.25, -0.2) is 13.1 Å². The van der Waals surface area contributed by atoms with Gasteiger partial charge in [-0.2, -0.15) is 0 Å². The predicted molar refractivity (Wildman–Crippen MR) is 157 cm³/mol. The van der Waals surface area contributed by atoms with E-state index < -0.39 is 10.0 Å². The Hall–Kier alpha value is -1.65. The first kappa shape index (κ1) is 29.3. The molecule has 1 aliphatic rings. The lowest BCUT2D eigenvalue weighted by molar-refractivity contribution is 0.0629. The van der Waals surface area contributed by atoms with E-state index in [4.69, 9.17) is 34.8 Å². The fourth-order valence-electron chi connectivity index (χ4n) is 4.48. The zero-order valence-corrected chi connectivity index (χ0v) is 25.1. The highest BCUT2D eigenvalue weighted by atomic mass is 35.5. The lowest BCUT2D eigenvalue weighted by Crippen LogP contribution is -2.48. The highest BCUT2D eigenvalue weighted by Gasteiger charge is 2.28. The van der Waals surface area contributed by atoms with Crippen molar-refractivity contribution in [2.45, 2.75) is 44.2 Å². The maximum absolute atomic E-state index is 13.3. The van der Waals surface area contributed by atoms with Gasteiger partial charge < -0.3 is 4.90 Å². The molecule has 1 unspecified atom stereocenters. The fraction of sp³-hybridized carbons (Fsp3) is 0.370. The summed E-state index contributed by atoms with van der Waals surface area (Å²) in [5, 5.41) is 0.835. The molecule has 1 aliphatic heterocycles. The van der Waals surface area contributed by atoms with Crippen molar-refractivity contribution < 1.29 is 13.2 Å². The molecule has 2 aromatic carbocycles. The predicted octanol–water partition coefficient (Wildman–Crippen LogP) is 6.80. The van der Waals surface area contributed by atoms with E-state index in [1.165, 1.54) is 17.0 Å². The van der Waals surface area contributed by atoms with Crippen molar-refractivity contribution in [2.75, 3.05) is 26.2 Å². The van der Waals surface area contributed by atoms with Crippen LogP contribution in [0, 0.1) is 0 Å². The number of thiophene rings is 1. The third-order valence-electron chi connectivity index (χ3n) is 6.43. The number of hydrogen-bond acceptors (Lipinski definition) is 5. The van der Waals surface area contributed by atoms with Crippen LogP contribution in [0.4, 0.5) is 0 Å². The van der Waals surface area contributed by atoms with Crippen LogP contribution in [-0.2, 0) is 16.6 Å². The summed E-state index contributed by atoms with van der Waals surface area (Å²) in [4.78, 5) is 19.6. The molecular weight excluding hydrogens is 585 g/mol. The molecule has 38 heavy (non-hydrogen) atoms. The van der Waals surface area contributed by atoms with Crippen LogP contribution in [0.2, 0.25) is 15.1 Å². The van der Waals surface area contributed by atoms with Crippen molar-refractivity contribution in [3.8, 4) is 10.4 Å². The summed E-state index contributed by atoms with van der Waals surface area (Å²) in [5.41, 5.74) is 1.23. The summed E-state index contributed by atoms with van der Waals surface area (Å²) in [6.45, 7) is 6.99. The van der Waals surface area contributed by atoms with Gasteiger partial charge in [-0.3, -0.25) is 9.69 Å². The van der Waals surface area contributed by atoms with E-state index in [1.54, 1.807) is 23.2 Å². The topological polar surface area (TPSA) is 69.7 Å². The van der Waals surface area contributed by atoms with Gasteiger partial charge in [0.1, 0.15) is 4.90 Å². The summed E-state index contributed by atoms with van der Waals surface area (Å²) in [7, 11) is -3.91. The van der Waals surface area contributed by atoms with Gasteiger partial charge in [0.25, 0.3) is 5.91 Å². The number of carbonyl (C=O) groups is 1. The lowest BCUT2D eigenvalue weighted by atomic mass is 10.1. The summed E-state index contributed by atoms with van der Waals surface area (Å²) in [6.07, 6.45) is 1.52. The average Bonchev–Trinajstić information content (AvgIpc) is 3.32. The smallest absolute Gasteiger partial charge is 0.255 e. The minimum Gasteiger partial charge on any atom is -0.336 e. The molecule has 0 saturated carbocycles. The number of sulfonamides is 1. The number of hydrogen-bond donors (Lipinski definition) is 1. The van der Waals surface area contributed by atoms with E-state index in [0.717, 1.165) is 23.4 Å². The summed E-state index contributed by atoms with van der Waals surface area (Å²) >= 11 is 20.5. The molecule has 1 saturated heterocycles. The van der Waals surface area contributed by atoms with E-state index in [2.05, 4.69) is 21.8 Å². The van der Waals surface area contributed by atoms with Gasteiger partial charge in [-0.15, -0.1) is 11.3 Å². The van der Waals surface area contributed by atoms with Gasteiger partial charge in [0.15, 0.2) is 0 Å². The number of piperazine rings is 1. The van der Waals surface area contributed by atoms with Gasteiger partial charge in [0, 0.05) is 53.5 Å². The zero-order chi connectivity index (χ0) is 27.4. The Kier molecular flexibility index (Phi) is 9.79. The third-order valence-corrected chi connectivity index (χ3v) is 10.2. The second kappa shape index (κ2) is 12.7. The molecule has 1 fully saturated rings. The number of amides is 1. The van der Waals surface area contributed by atoms with Crippen LogP contribution in [0.15, 0.2) is 53.4 Å². The molecule has 0 spiro atoms. The first-order chi connectivity index (χ1) is 18.1. The second-order valence-corrected chi connectivity index (χ2v) is 13.5. The van der Waals surface area contributed by atoms with Gasteiger partial charge in [0.2, 0.25) is 10.0 Å². The molecule has 0 aliphatic carbocycles. The Morgan fingerprint density at radius 3 is 2.45 bits per heavy atom. The van der Waals surface area contributed by atoms with E-state index in [9.17, 15) is 13.2 Å². The SMILES string of the molecule is CCCC(C)NS(=O)(=O)c1cc(C(=O)N2CCN(Cc3ccc(-c4cccc(Cl)c4)s3)CC2)c(Cl)cc1Cl. The van der Waals surface area contributed by atoms with Crippen molar-refractivity contribution in [1.29, 1.82) is 0 Å². The van der Waals surface area contributed by atoms with Crippen molar-refractivity contribution in [1.82, 2.24) is 14.5 Å². The molecular formula is C27H30Cl3N3O3S2.